The van der Waals surface area contributed by atoms with Gasteiger partial charge in [0, 0.05) is 25.7 Å². The number of azo groups is 1. The van der Waals surface area contributed by atoms with Crippen LogP contribution < -0.4 is 15.9 Å². The third kappa shape index (κ3) is 3.61. The van der Waals surface area contributed by atoms with Gasteiger partial charge >= 0.3 is 0 Å². The molecule has 0 bridgehead atoms. The Balaban J connectivity index is 2.46. The molecule has 7 nitrogen and oxygen atoms in total. The van der Waals surface area contributed by atoms with Crippen molar-refractivity contribution in [2.45, 2.75) is 53.4 Å². The lowest BCUT2D eigenvalue weighted by Gasteiger charge is -2.41. The highest BCUT2D eigenvalue weighted by Crippen LogP contribution is 2.34. The fourth-order valence-electron chi connectivity index (χ4n) is 2.82. The smallest absolute Gasteiger partial charge is 0.252 e. The van der Waals surface area contributed by atoms with E-state index >= 15 is 0 Å². The highest BCUT2D eigenvalue weighted by molar-refractivity contribution is 5.63. The number of hydrazine groups is 1. The van der Waals surface area contributed by atoms with E-state index in [-0.39, 0.29) is 11.8 Å². The molecule has 0 radical (unpaired) electrons. The molecule has 0 spiro atoms. The fraction of sp³-hybridized carbons (Fsp3) is 0.688. The van der Waals surface area contributed by atoms with Gasteiger partial charge < -0.3 is 0 Å². The second-order valence-electron chi connectivity index (χ2n) is 5.50. The summed E-state index contributed by atoms with van der Waals surface area (Å²) in [7, 11) is 0. The number of nitrogens with zero attached hydrogens (tertiary/aromatic N) is 5. The second-order valence-corrected chi connectivity index (χ2v) is 5.50. The molecule has 1 aromatic heterocycles. The summed E-state index contributed by atoms with van der Waals surface area (Å²) in [6, 6.07) is 3.32. The molecule has 0 aromatic carbocycles. The van der Waals surface area contributed by atoms with E-state index in [1.54, 1.807) is 16.7 Å². The lowest BCUT2D eigenvalue weighted by molar-refractivity contribution is 0.217. The third-order valence-corrected chi connectivity index (χ3v) is 4.07. The predicted octanol–water partition coefficient (Wildman–Crippen LogP) is 2.70. The summed E-state index contributed by atoms with van der Waals surface area (Å²) in [5.41, 5.74) is 0.736. The molecule has 1 aromatic rings. The first kappa shape index (κ1) is 17.6. The first-order valence-electron chi connectivity index (χ1n) is 8.59. The van der Waals surface area contributed by atoms with Gasteiger partial charge in [-0.2, -0.15) is 0 Å². The van der Waals surface area contributed by atoms with E-state index < -0.39 is 0 Å². The summed E-state index contributed by atoms with van der Waals surface area (Å²) in [5, 5.41) is 16.5. The maximum absolute atomic E-state index is 12.3. The molecule has 0 saturated carbocycles. The topological polar surface area (TPSA) is 65.2 Å². The first-order valence-corrected chi connectivity index (χ1v) is 8.59. The normalized spacial score (nSPS) is 16.9. The van der Waals surface area contributed by atoms with E-state index in [9.17, 15) is 4.79 Å². The molecule has 1 atom stereocenters. The van der Waals surface area contributed by atoms with Crippen LogP contribution in [0.5, 0.6) is 0 Å². The van der Waals surface area contributed by atoms with E-state index in [1.807, 2.05) is 6.92 Å². The maximum atomic E-state index is 12.3. The monoisotopic (exact) mass is 320 g/mol. The van der Waals surface area contributed by atoms with Crippen LogP contribution >= 0.6 is 0 Å². The van der Waals surface area contributed by atoms with Crippen molar-refractivity contribution in [2.24, 2.45) is 10.2 Å². The van der Waals surface area contributed by atoms with Gasteiger partial charge in [-0.15, -0.1) is 10.2 Å². The number of rotatable bonds is 8. The Bertz CT molecular complexity index is 593. The molecule has 1 N–H and O–H groups in total. The van der Waals surface area contributed by atoms with Crippen LogP contribution in [0.4, 0.5) is 11.5 Å². The molecule has 1 unspecified atom stereocenters. The molecule has 1 aliphatic heterocycles. The molecule has 1 aliphatic rings. The predicted molar refractivity (Wildman–Crippen MR) is 93.0 cm³/mol. The number of pyridine rings is 1. The van der Waals surface area contributed by atoms with Gasteiger partial charge in [0.15, 0.2) is 5.82 Å². The Kier molecular flexibility index (Phi) is 6.29. The van der Waals surface area contributed by atoms with Crippen molar-refractivity contribution in [3.8, 4) is 0 Å². The van der Waals surface area contributed by atoms with Crippen LogP contribution in [0.2, 0.25) is 0 Å². The Morgan fingerprint density at radius 1 is 1.22 bits per heavy atom. The zero-order valence-electron chi connectivity index (χ0n) is 14.6. The standard InChI is InChI=1S/C16H28N6O/c1-5-9-12-17-16-19-18-13-10-11-14(23)21(8-4)15(13)22(16)20(6-2)7-3/h10-11,16-17H,5-9,12H2,1-4H3. The van der Waals surface area contributed by atoms with Gasteiger partial charge in [0.2, 0.25) is 6.29 Å². The minimum absolute atomic E-state index is 0.00665. The number of hydrogen-bond acceptors (Lipinski definition) is 6. The van der Waals surface area contributed by atoms with Crippen LogP contribution in [0.25, 0.3) is 0 Å². The largest absolute Gasteiger partial charge is 0.292 e. The maximum Gasteiger partial charge on any atom is 0.252 e. The molecular weight excluding hydrogens is 292 g/mol. The van der Waals surface area contributed by atoms with E-state index in [4.69, 9.17) is 0 Å². The van der Waals surface area contributed by atoms with E-state index in [2.05, 4.69) is 46.3 Å². The van der Waals surface area contributed by atoms with Gasteiger partial charge in [-0.3, -0.25) is 14.7 Å². The second kappa shape index (κ2) is 8.21. The molecule has 0 amide bonds. The van der Waals surface area contributed by atoms with E-state index in [0.29, 0.717) is 6.54 Å². The van der Waals surface area contributed by atoms with Gasteiger partial charge in [-0.1, -0.05) is 27.2 Å². The molecule has 2 heterocycles. The summed E-state index contributed by atoms with van der Waals surface area (Å²) in [4.78, 5) is 12.3. The molecule has 7 heteroatoms. The van der Waals surface area contributed by atoms with Crippen LogP contribution in [0.3, 0.4) is 0 Å². The van der Waals surface area contributed by atoms with Crippen LogP contribution in [-0.2, 0) is 6.54 Å². The highest BCUT2D eigenvalue weighted by Gasteiger charge is 2.31. The Morgan fingerprint density at radius 2 is 1.96 bits per heavy atom. The summed E-state index contributed by atoms with van der Waals surface area (Å²) in [5.74, 6) is 0.827. The van der Waals surface area contributed by atoms with E-state index in [1.165, 1.54) is 0 Å². The van der Waals surface area contributed by atoms with Crippen molar-refractivity contribution in [1.29, 1.82) is 0 Å². The number of aromatic nitrogens is 1. The minimum atomic E-state index is -0.270. The summed E-state index contributed by atoms with van der Waals surface area (Å²) in [6.45, 7) is 11.5. The average Bonchev–Trinajstić information content (AvgIpc) is 2.57. The van der Waals surface area contributed by atoms with Crippen molar-refractivity contribution < 1.29 is 0 Å². The van der Waals surface area contributed by atoms with Gasteiger partial charge in [0.25, 0.3) is 5.56 Å². The lowest BCUT2D eigenvalue weighted by Crippen LogP contribution is -2.56. The number of hydrogen-bond donors (Lipinski definition) is 1. The van der Waals surface area contributed by atoms with Crippen molar-refractivity contribution in [2.75, 3.05) is 24.6 Å². The van der Waals surface area contributed by atoms with Gasteiger partial charge in [-0.05, 0) is 26.0 Å². The number of fused-ring (bicyclic) bond motifs is 1. The molecule has 23 heavy (non-hydrogen) atoms. The average molecular weight is 320 g/mol. The molecule has 128 valence electrons. The fourth-order valence-corrected chi connectivity index (χ4v) is 2.82. The Morgan fingerprint density at radius 3 is 2.57 bits per heavy atom. The first-order chi connectivity index (χ1) is 11.2. The van der Waals surface area contributed by atoms with Gasteiger partial charge in [0.05, 0.1) is 0 Å². The number of anilines is 1. The molecule has 2 rings (SSSR count). The lowest BCUT2D eigenvalue weighted by atomic mass is 10.3. The summed E-state index contributed by atoms with van der Waals surface area (Å²) >= 11 is 0. The molecular formula is C16H28N6O. The van der Waals surface area contributed by atoms with Crippen molar-refractivity contribution >= 4 is 11.5 Å². The minimum Gasteiger partial charge on any atom is -0.292 e. The van der Waals surface area contributed by atoms with Crippen LogP contribution in [-0.4, -0.2) is 35.5 Å². The molecule has 0 aliphatic carbocycles. The third-order valence-electron chi connectivity index (χ3n) is 4.07. The van der Waals surface area contributed by atoms with Crippen LogP contribution in [0.15, 0.2) is 27.2 Å². The number of unbranched alkanes of at least 4 members (excludes halogenated alkanes) is 1. The van der Waals surface area contributed by atoms with E-state index in [0.717, 1.165) is 44.0 Å². The quantitative estimate of drug-likeness (QED) is 0.748. The van der Waals surface area contributed by atoms with Crippen molar-refractivity contribution in [1.82, 2.24) is 14.9 Å². The Labute approximate surface area is 138 Å². The zero-order chi connectivity index (χ0) is 16.8. The van der Waals surface area contributed by atoms with Crippen LogP contribution in [0.1, 0.15) is 40.5 Å². The van der Waals surface area contributed by atoms with Crippen molar-refractivity contribution in [3.05, 3.63) is 22.5 Å². The van der Waals surface area contributed by atoms with Crippen molar-refractivity contribution in [3.63, 3.8) is 0 Å². The molecule has 0 fully saturated rings. The van der Waals surface area contributed by atoms with Crippen LogP contribution in [0, 0.1) is 0 Å². The Hall–Kier alpha value is -1.73. The summed E-state index contributed by atoms with van der Waals surface area (Å²) < 4.78 is 1.76. The highest BCUT2D eigenvalue weighted by atomic mass is 16.1. The van der Waals surface area contributed by atoms with Gasteiger partial charge in [-0.25, -0.2) is 10.0 Å². The number of nitrogens with one attached hydrogen (secondary N) is 1. The molecule has 0 saturated heterocycles. The van der Waals surface area contributed by atoms with Gasteiger partial charge in [0.1, 0.15) is 5.69 Å². The SMILES string of the molecule is CCCCNC1N=Nc2ccc(=O)n(CC)c2N1N(CC)CC. The zero-order valence-corrected chi connectivity index (χ0v) is 14.6. The summed E-state index contributed by atoms with van der Waals surface area (Å²) in [6.07, 6.45) is 1.94.